The summed E-state index contributed by atoms with van der Waals surface area (Å²) in [7, 11) is 1.34. The van der Waals surface area contributed by atoms with Crippen molar-refractivity contribution >= 4 is 17.5 Å². The number of hydrogen-bond acceptors (Lipinski definition) is 13. The van der Waals surface area contributed by atoms with Crippen LogP contribution < -0.4 is 18.9 Å². The Balaban J connectivity index is 1.42. The molecule has 0 spiro atoms. The zero-order valence-corrected chi connectivity index (χ0v) is 35.0. The SMILES string of the molecule is C=CCOc1ccc2c(c1)[C@H]1[C@H](CCCCO)[C@@H](CCCCO)C=C3C(=NOCc4ccc([N+](=O)[O-])cc4)C[C@H](N(Cc4ccc5c(c4)OCO5)C(=O)OC)[C@@](OCC=C)(O2)[C@H]31. The Bertz CT molecular complexity index is 2140. The number of rotatable bonds is 21. The number of non-ortho nitro benzene ring substituents is 1. The van der Waals surface area contributed by atoms with Gasteiger partial charge in [-0.15, -0.1) is 6.58 Å². The molecular formula is C47H55N3O12. The van der Waals surface area contributed by atoms with E-state index in [1.165, 1.54) is 19.2 Å². The summed E-state index contributed by atoms with van der Waals surface area (Å²) < 4.78 is 37.2. The van der Waals surface area contributed by atoms with Gasteiger partial charge in [0.05, 0.1) is 30.3 Å². The second kappa shape index (κ2) is 20.3. The lowest BCUT2D eigenvalue weighted by molar-refractivity contribution is -0.384. The molecule has 0 radical (unpaired) electrons. The molecule has 3 aromatic rings. The molecule has 1 saturated carbocycles. The number of methoxy groups -OCH3 is 1. The number of fused-ring (bicyclic) bond motifs is 3. The molecule has 2 heterocycles. The number of carbonyl (C=O) groups excluding carboxylic acids is 1. The summed E-state index contributed by atoms with van der Waals surface area (Å²) >= 11 is 0. The van der Waals surface area contributed by atoms with Gasteiger partial charge >= 0.3 is 6.09 Å². The van der Waals surface area contributed by atoms with E-state index in [4.69, 9.17) is 38.4 Å². The van der Waals surface area contributed by atoms with E-state index in [0.717, 1.165) is 42.4 Å². The Hall–Kier alpha value is -5.90. The Morgan fingerprint density at radius 3 is 2.40 bits per heavy atom. The Morgan fingerprint density at radius 1 is 0.952 bits per heavy atom. The minimum Gasteiger partial charge on any atom is -0.490 e. The number of amides is 1. The Morgan fingerprint density at radius 2 is 1.68 bits per heavy atom. The fraction of sp³-hybridized carbons (Fsp3) is 0.447. The zero-order valence-electron chi connectivity index (χ0n) is 35.0. The number of hydrogen-bond donors (Lipinski definition) is 2. The van der Waals surface area contributed by atoms with Crippen molar-refractivity contribution in [1.29, 1.82) is 0 Å². The average Bonchev–Trinajstić information content (AvgIpc) is 3.76. The predicted molar refractivity (Wildman–Crippen MR) is 229 cm³/mol. The van der Waals surface area contributed by atoms with Crippen LogP contribution in [-0.2, 0) is 27.5 Å². The number of benzene rings is 3. The van der Waals surface area contributed by atoms with Crippen molar-refractivity contribution in [3.8, 4) is 23.0 Å². The molecule has 0 aromatic heterocycles. The van der Waals surface area contributed by atoms with Gasteiger partial charge in [0, 0.05) is 49.8 Å². The second-order valence-electron chi connectivity index (χ2n) is 15.9. The molecule has 2 aliphatic heterocycles. The summed E-state index contributed by atoms with van der Waals surface area (Å²) in [5, 5.41) is 36.0. The van der Waals surface area contributed by atoms with E-state index < -0.39 is 28.8 Å². The van der Waals surface area contributed by atoms with E-state index in [1.807, 2.05) is 36.4 Å². The lowest BCUT2D eigenvalue weighted by Gasteiger charge is -2.59. The van der Waals surface area contributed by atoms with Gasteiger partial charge in [-0.3, -0.25) is 15.0 Å². The van der Waals surface area contributed by atoms with Crippen LogP contribution in [-0.4, -0.2) is 84.0 Å². The molecule has 1 fully saturated rings. The number of ether oxygens (including phenoxy) is 6. The van der Waals surface area contributed by atoms with Crippen LogP contribution in [0.5, 0.6) is 23.0 Å². The van der Waals surface area contributed by atoms with Crippen molar-refractivity contribution in [2.45, 2.75) is 75.8 Å². The third-order valence-electron chi connectivity index (χ3n) is 12.1. The standard InChI is InChI=1S/C47H55N3O12/c1-4-22-57-35-17-19-40-38(26-35)44-36(11-7-9-21-52)33(10-6-8-20-51)25-37-39(48-61-29-31-12-15-34(16-13-31)50(54)55)27-43(47(62-40,45(37)44)60-23-5-2)49(46(53)56-3)28-32-14-18-41-42(24-32)59-30-58-41/h4-5,12-19,24-26,33,36,43-45,51-52H,1-2,6-11,20-23,27-30H2,3H3/t33-,36+,43-,44+,45+,47+/m0/s1. The molecule has 330 valence electrons. The van der Waals surface area contributed by atoms with E-state index >= 15 is 0 Å². The fourth-order valence-corrected chi connectivity index (χ4v) is 9.45. The van der Waals surface area contributed by atoms with Gasteiger partial charge in [0.2, 0.25) is 12.6 Å². The van der Waals surface area contributed by atoms with Crippen molar-refractivity contribution in [3.05, 3.63) is 124 Å². The average molecular weight is 854 g/mol. The first-order valence-corrected chi connectivity index (χ1v) is 21.2. The van der Waals surface area contributed by atoms with Crippen LogP contribution in [0.25, 0.3) is 0 Å². The normalized spacial score (nSPS) is 23.6. The van der Waals surface area contributed by atoms with Crippen LogP contribution in [0, 0.1) is 27.9 Å². The molecule has 0 saturated heterocycles. The molecule has 6 atom stereocenters. The number of aliphatic hydroxyl groups is 2. The maximum atomic E-state index is 14.3. The molecule has 2 aliphatic carbocycles. The monoisotopic (exact) mass is 853 g/mol. The first-order valence-electron chi connectivity index (χ1n) is 21.2. The number of nitro groups is 1. The van der Waals surface area contributed by atoms with Gasteiger partial charge in [0.1, 0.15) is 30.8 Å². The maximum Gasteiger partial charge on any atom is 0.410 e. The van der Waals surface area contributed by atoms with E-state index in [1.54, 1.807) is 29.2 Å². The molecule has 0 bridgehead atoms. The lowest BCUT2D eigenvalue weighted by atomic mass is 9.55. The van der Waals surface area contributed by atoms with Gasteiger partial charge in [0.15, 0.2) is 11.5 Å². The largest absolute Gasteiger partial charge is 0.490 e. The predicted octanol–water partition coefficient (Wildman–Crippen LogP) is 7.99. The van der Waals surface area contributed by atoms with Crippen molar-refractivity contribution < 1.29 is 53.2 Å². The summed E-state index contributed by atoms with van der Waals surface area (Å²) in [5.41, 5.74) is 3.73. The highest BCUT2D eigenvalue weighted by atomic mass is 16.7. The Labute approximate surface area is 361 Å². The van der Waals surface area contributed by atoms with Crippen molar-refractivity contribution in [3.63, 3.8) is 0 Å². The molecule has 4 aliphatic rings. The van der Waals surface area contributed by atoms with Gasteiger partial charge in [-0.25, -0.2) is 4.79 Å². The van der Waals surface area contributed by atoms with Crippen LogP contribution in [0.1, 0.15) is 67.6 Å². The summed E-state index contributed by atoms with van der Waals surface area (Å²) in [5.74, 6) is 0.0297. The third-order valence-corrected chi connectivity index (χ3v) is 12.1. The molecule has 15 nitrogen and oxygen atoms in total. The zero-order chi connectivity index (χ0) is 43.6. The van der Waals surface area contributed by atoms with Gasteiger partial charge in [-0.1, -0.05) is 48.9 Å². The second-order valence-corrected chi connectivity index (χ2v) is 15.9. The highest BCUT2D eigenvalue weighted by Gasteiger charge is 2.65. The highest BCUT2D eigenvalue weighted by Crippen LogP contribution is 2.62. The molecule has 2 N–H and O–H groups in total. The minimum absolute atomic E-state index is 0.000493. The number of carbonyl (C=O) groups is 1. The number of nitrogens with zero attached hydrogens (tertiary/aromatic N) is 3. The van der Waals surface area contributed by atoms with Crippen LogP contribution in [0.2, 0.25) is 0 Å². The van der Waals surface area contributed by atoms with Crippen LogP contribution in [0.3, 0.4) is 0 Å². The fourth-order valence-electron chi connectivity index (χ4n) is 9.45. The summed E-state index contributed by atoms with van der Waals surface area (Å²) in [6, 6.07) is 16.5. The van der Waals surface area contributed by atoms with Crippen molar-refractivity contribution in [1.82, 2.24) is 4.90 Å². The summed E-state index contributed by atoms with van der Waals surface area (Å²) in [6.45, 7) is 8.54. The van der Waals surface area contributed by atoms with Crippen molar-refractivity contribution in [2.24, 2.45) is 22.9 Å². The lowest BCUT2D eigenvalue weighted by Crippen LogP contribution is -2.70. The number of oxime groups is 1. The molecular weight excluding hydrogens is 799 g/mol. The molecule has 1 amide bonds. The first kappa shape index (κ1) is 44.2. The first-order chi connectivity index (χ1) is 30.2. The minimum atomic E-state index is -1.52. The summed E-state index contributed by atoms with van der Waals surface area (Å²) in [6.07, 6.45) is 9.44. The molecule has 15 heteroatoms. The van der Waals surface area contributed by atoms with Gasteiger partial charge in [-0.05, 0) is 96.7 Å². The van der Waals surface area contributed by atoms with E-state index in [0.29, 0.717) is 53.7 Å². The van der Waals surface area contributed by atoms with E-state index in [9.17, 15) is 25.1 Å². The van der Waals surface area contributed by atoms with E-state index in [2.05, 4.69) is 19.2 Å². The quantitative estimate of drug-likeness (QED) is 0.0457. The summed E-state index contributed by atoms with van der Waals surface area (Å²) in [4.78, 5) is 32.9. The smallest absolute Gasteiger partial charge is 0.410 e. The van der Waals surface area contributed by atoms with Crippen LogP contribution in [0.4, 0.5) is 10.5 Å². The van der Waals surface area contributed by atoms with Crippen LogP contribution >= 0.6 is 0 Å². The van der Waals surface area contributed by atoms with Gasteiger partial charge in [0.25, 0.3) is 5.69 Å². The highest BCUT2D eigenvalue weighted by molar-refractivity contribution is 6.03. The topological polar surface area (TPSA) is 181 Å². The maximum absolute atomic E-state index is 14.3. The van der Waals surface area contributed by atoms with Crippen molar-refractivity contribution in [2.75, 3.05) is 40.3 Å². The third kappa shape index (κ3) is 9.30. The number of allylic oxidation sites excluding steroid dienone is 1. The van der Waals surface area contributed by atoms with Gasteiger partial charge in [-0.2, -0.15) is 0 Å². The number of aliphatic hydroxyl groups excluding tert-OH is 2. The van der Waals surface area contributed by atoms with E-state index in [-0.39, 0.29) is 69.6 Å². The van der Waals surface area contributed by atoms with Crippen LogP contribution in [0.15, 0.2) is 103 Å². The number of nitro benzene ring substituents is 1. The molecule has 62 heavy (non-hydrogen) atoms. The molecule has 7 rings (SSSR count). The molecule has 0 unspecified atom stereocenters. The molecule has 3 aromatic carbocycles. The Kier molecular flexibility index (Phi) is 14.5. The van der Waals surface area contributed by atoms with Gasteiger partial charge < -0.3 is 43.5 Å². The number of unbranched alkanes of at least 4 members (excludes halogenated alkanes) is 2.